The van der Waals surface area contributed by atoms with Crippen LogP contribution in [0.15, 0.2) is 56.5 Å². The maximum absolute atomic E-state index is 12.6. The van der Waals surface area contributed by atoms with E-state index in [4.69, 9.17) is 24.4 Å². The van der Waals surface area contributed by atoms with Crippen molar-refractivity contribution in [3.05, 3.63) is 52.0 Å². The number of fused-ring (bicyclic) bond motifs is 1. The van der Waals surface area contributed by atoms with Gasteiger partial charge < -0.3 is 18.9 Å². The molecule has 0 atom stereocenters. The summed E-state index contributed by atoms with van der Waals surface area (Å²) in [5, 5.41) is 15.4. The lowest BCUT2D eigenvalue weighted by Gasteiger charge is -2.20. The second kappa shape index (κ2) is 11.0. The number of hydrazone groups is 1. The molecule has 1 amide bonds. The van der Waals surface area contributed by atoms with Crippen LogP contribution in [0.5, 0.6) is 23.0 Å². The maximum Gasteiger partial charge on any atom is 0.283 e. The standard InChI is InChI=1S/C24H23BrN4O5S/c1-4-20-28-29-22(26)15(23(30)27-24(29)35-20)11-14-12-16(25)21(19(13-14)32-3)34-10-9-33-18-8-6-5-7-17(18)31-2/h5-8,11-13,26H,4,9-10H2,1-3H3/b15-11+,26-22?. The Morgan fingerprint density at radius 2 is 1.80 bits per heavy atom. The Balaban J connectivity index is 1.49. The van der Waals surface area contributed by atoms with Crippen LogP contribution in [0.3, 0.4) is 0 Å². The first-order chi connectivity index (χ1) is 16.9. The molecule has 2 aromatic rings. The smallest absolute Gasteiger partial charge is 0.283 e. The Hall–Kier alpha value is -3.31. The number of methoxy groups -OCH3 is 2. The van der Waals surface area contributed by atoms with Gasteiger partial charge in [-0.1, -0.05) is 19.1 Å². The minimum Gasteiger partial charge on any atom is -0.493 e. The number of halogens is 1. The lowest BCUT2D eigenvalue weighted by atomic mass is 10.1. The molecule has 0 bridgehead atoms. The summed E-state index contributed by atoms with van der Waals surface area (Å²) in [6.45, 7) is 2.52. The quantitative estimate of drug-likeness (QED) is 0.342. The predicted molar refractivity (Wildman–Crippen MR) is 140 cm³/mol. The van der Waals surface area contributed by atoms with E-state index in [1.165, 1.54) is 23.9 Å². The molecule has 0 saturated carbocycles. The highest BCUT2D eigenvalue weighted by molar-refractivity contribution is 9.10. The van der Waals surface area contributed by atoms with Crippen LogP contribution >= 0.6 is 27.7 Å². The molecule has 0 aliphatic carbocycles. The molecule has 11 heteroatoms. The summed E-state index contributed by atoms with van der Waals surface area (Å²) in [4.78, 5) is 16.7. The van der Waals surface area contributed by atoms with Crippen molar-refractivity contribution in [3.8, 4) is 23.0 Å². The zero-order valence-electron chi connectivity index (χ0n) is 19.3. The Labute approximate surface area is 215 Å². The number of hydrogen-bond donors (Lipinski definition) is 1. The second-order valence-corrected chi connectivity index (χ2v) is 9.14. The number of para-hydroxylation sites is 2. The number of amidine groups is 2. The van der Waals surface area contributed by atoms with Gasteiger partial charge in [0.1, 0.15) is 18.3 Å². The minimum atomic E-state index is -0.481. The summed E-state index contributed by atoms with van der Waals surface area (Å²) < 4.78 is 23.1. The number of nitrogens with one attached hydrogen (secondary N) is 1. The van der Waals surface area contributed by atoms with Crippen LogP contribution in [-0.2, 0) is 4.79 Å². The van der Waals surface area contributed by atoms with E-state index >= 15 is 0 Å². The molecule has 0 unspecified atom stereocenters. The Bertz CT molecular complexity index is 1260. The fourth-order valence-electron chi connectivity index (χ4n) is 3.34. The summed E-state index contributed by atoms with van der Waals surface area (Å²) in [6.07, 6.45) is 2.30. The molecule has 2 heterocycles. The summed E-state index contributed by atoms with van der Waals surface area (Å²) in [7, 11) is 3.12. The van der Waals surface area contributed by atoms with Crippen molar-refractivity contribution in [1.82, 2.24) is 5.01 Å². The number of hydrogen-bond acceptors (Lipinski definition) is 8. The highest BCUT2D eigenvalue weighted by Crippen LogP contribution is 2.38. The fourth-order valence-corrected chi connectivity index (χ4v) is 4.74. The molecule has 0 radical (unpaired) electrons. The van der Waals surface area contributed by atoms with Crippen LogP contribution in [0.2, 0.25) is 0 Å². The van der Waals surface area contributed by atoms with Crippen LogP contribution in [0.1, 0.15) is 18.9 Å². The van der Waals surface area contributed by atoms with Crippen molar-refractivity contribution >= 4 is 55.7 Å². The number of thioether (sulfide) groups is 1. The first-order valence-electron chi connectivity index (χ1n) is 10.7. The van der Waals surface area contributed by atoms with E-state index in [2.05, 4.69) is 26.0 Å². The van der Waals surface area contributed by atoms with Gasteiger partial charge in [-0.05, 0) is 70.0 Å². The van der Waals surface area contributed by atoms with Crippen LogP contribution in [0.25, 0.3) is 6.08 Å². The Kier molecular flexibility index (Phi) is 7.76. The number of carbonyl (C=O) groups is 1. The number of benzene rings is 2. The molecule has 2 aliphatic heterocycles. The van der Waals surface area contributed by atoms with Crippen LogP contribution in [0, 0.1) is 5.41 Å². The van der Waals surface area contributed by atoms with E-state index in [1.54, 1.807) is 25.3 Å². The van der Waals surface area contributed by atoms with Gasteiger partial charge in [0.25, 0.3) is 5.91 Å². The zero-order chi connectivity index (χ0) is 24.9. The molecule has 0 saturated heterocycles. The van der Waals surface area contributed by atoms with E-state index in [1.807, 2.05) is 31.2 Å². The van der Waals surface area contributed by atoms with Crippen molar-refractivity contribution in [2.45, 2.75) is 13.3 Å². The number of amides is 1. The molecule has 0 aromatic heterocycles. The maximum atomic E-state index is 12.6. The van der Waals surface area contributed by atoms with Crippen molar-refractivity contribution in [1.29, 1.82) is 5.41 Å². The first kappa shape index (κ1) is 24.8. The molecule has 4 rings (SSSR count). The molecule has 182 valence electrons. The summed E-state index contributed by atoms with van der Waals surface area (Å²) >= 11 is 4.83. The molecule has 1 N–H and O–H groups in total. The van der Waals surface area contributed by atoms with E-state index in [0.29, 0.717) is 51.2 Å². The van der Waals surface area contributed by atoms with Gasteiger partial charge in [-0.2, -0.15) is 15.1 Å². The van der Waals surface area contributed by atoms with Crippen LogP contribution < -0.4 is 18.9 Å². The number of rotatable bonds is 9. The van der Waals surface area contributed by atoms with Crippen molar-refractivity contribution < 1.29 is 23.7 Å². The van der Waals surface area contributed by atoms with E-state index < -0.39 is 5.91 Å². The van der Waals surface area contributed by atoms with Gasteiger partial charge in [-0.15, -0.1) is 0 Å². The number of nitrogens with zero attached hydrogens (tertiary/aromatic N) is 3. The van der Waals surface area contributed by atoms with E-state index in [9.17, 15) is 4.79 Å². The normalized spacial score (nSPS) is 16.1. The van der Waals surface area contributed by atoms with Gasteiger partial charge in [-0.3, -0.25) is 10.2 Å². The molecule has 0 fully saturated rings. The summed E-state index contributed by atoms with van der Waals surface area (Å²) in [5.74, 6) is 1.74. The topological polar surface area (TPSA) is 106 Å². The lowest BCUT2D eigenvalue weighted by molar-refractivity contribution is -0.114. The lowest BCUT2D eigenvalue weighted by Crippen LogP contribution is -2.35. The first-order valence-corrected chi connectivity index (χ1v) is 12.3. The zero-order valence-corrected chi connectivity index (χ0v) is 21.7. The van der Waals surface area contributed by atoms with Crippen molar-refractivity contribution in [2.75, 3.05) is 27.4 Å². The Morgan fingerprint density at radius 1 is 1.09 bits per heavy atom. The monoisotopic (exact) mass is 558 g/mol. The van der Waals surface area contributed by atoms with Gasteiger partial charge in [0.15, 0.2) is 28.8 Å². The number of carbonyl (C=O) groups excluding carboxylic acids is 1. The number of ether oxygens (including phenoxy) is 4. The largest absolute Gasteiger partial charge is 0.493 e. The highest BCUT2D eigenvalue weighted by Gasteiger charge is 2.35. The minimum absolute atomic E-state index is 0.0140. The summed E-state index contributed by atoms with van der Waals surface area (Å²) in [6, 6.07) is 10.9. The van der Waals surface area contributed by atoms with Gasteiger partial charge in [0.2, 0.25) is 5.17 Å². The third-order valence-corrected chi connectivity index (χ3v) is 6.66. The second-order valence-electron chi connectivity index (χ2n) is 7.25. The van der Waals surface area contributed by atoms with Crippen LogP contribution in [0.4, 0.5) is 0 Å². The van der Waals surface area contributed by atoms with Crippen LogP contribution in [-0.4, -0.2) is 54.4 Å². The molecule has 9 nitrogen and oxygen atoms in total. The molecule has 35 heavy (non-hydrogen) atoms. The Morgan fingerprint density at radius 3 is 2.51 bits per heavy atom. The van der Waals surface area contributed by atoms with Gasteiger partial charge in [0, 0.05) is 0 Å². The van der Waals surface area contributed by atoms with Gasteiger partial charge >= 0.3 is 0 Å². The van der Waals surface area contributed by atoms with Crippen molar-refractivity contribution in [3.63, 3.8) is 0 Å². The molecule has 2 aliphatic rings. The fraction of sp³-hybridized carbons (Fsp3) is 0.250. The third kappa shape index (κ3) is 5.35. The van der Waals surface area contributed by atoms with Gasteiger partial charge in [0.05, 0.1) is 24.3 Å². The predicted octanol–water partition coefficient (Wildman–Crippen LogP) is 4.95. The summed E-state index contributed by atoms with van der Waals surface area (Å²) in [5.41, 5.74) is 0.785. The molecule has 0 spiro atoms. The molecular formula is C24H23BrN4O5S. The highest BCUT2D eigenvalue weighted by atomic mass is 79.9. The van der Waals surface area contributed by atoms with Gasteiger partial charge in [-0.25, -0.2) is 0 Å². The molecule has 2 aromatic carbocycles. The molecular weight excluding hydrogens is 536 g/mol. The average molecular weight is 559 g/mol. The SMILES string of the molecule is CCC1=NN2C(=N)/C(=C\c3cc(Br)c(OCCOc4ccccc4OC)c(OC)c3)C(=O)N=C2S1. The average Bonchev–Trinajstić information content (AvgIpc) is 3.28. The van der Waals surface area contributed by atoms with E-state index in [-0.39, 0.29) is 18.0 Å². The third-order valence-electron chi connectivity index (χ3n) is 5.02. The number of aliphatic imine (C=N–C) groups is 1. The van der Waals surface area contributed by atoms with E-state index in [0.717, 1.165) is 5.04 Å². The van der Waals surface area contributed by atoms with Crippen molar-refractivity contribution in [2.24, 2.45) is 10.1 Å².